The lowest BCUT2D eigenvalue weighted by Crippen LogP contribution is -2.16. The quantitative estimate of drug-likeness (QED) is 0.711. The Bertz CT molecular complexity index is 434. The van der Waals surface area contributed by atoms with E-state index in [1.165, 1.54) is 11.1 Å². The minimum atomic E-state index is 0.264. The summed E-state index contributed by atoms with van der Waals surface area (Å²) in [5.41, 5.74) is 2.47. The maximum atomic E-state index is 8.83. The van der Waals surface area contributed by atoms with Gasteiger partial charge in [-0.25, -0.2) is 0 Å². The van der Waals surface area contributed by atoms with Crippen molar-refractivity contribution in [1.82, 2.24) is 0 Å². The van der Waals surface area contributed by atoms with E-state index in [-0.39, 0.29) is 5.92 Å². The minimum absolute atomic E-state index is 0.264. The van der Waals surface area contributed by atoms with Gasteiger partial charge in [0.1, 0.15) is 0 Å². The first-order valence-electron chi connectivity index (χ1n) is 6.28. The number of aliphatic imine (C=N–C) groups is 1. The molecule has 0 radical (unpaired) electrons. The maximum absolute atomic E-state index is 8.83. The van der Waals surface area contributed by atoms with Crippen LogP contribution in [0.3, 0.4) is 0 Å². The number of nitriles is 1. The lowest BCUT2D eigenvalue weighted by atomic mass is 9.87. The number of aryl methyl sites for hydroxylation is 1. The minimum Gasteiger partial charge on any atom is -0.289 e. The summed E-state index contributed by atoms with van der Waals surface area (Å²) in [6, 6.07) is 11.1. The van der Waals surface area contributed by atoms with Crippen molar-refractivity contribution in [3.8, 4) is 6.07 Å². The Hall–Kier alpha value is -1.62. The lowest BCUT2D eigenvalue weighted by Gasteiger charge is -2.21. The van der Waals surface area contributed by atoms with Gasteiger partial charge in [-0.3, -0.25) is 4.99 Å². The summed E-state index contributed by atoms with van der Waals surface area (Å²) in [6.45, 7) is 2.11. The monoisotopic (exact) mass is 226 g/mol. The third-order valence-electron chi connectivity index (χ3n) is 3.49. The molecule has 88 valence electrons. The first-order chi connectivity index (χ1) is 8.29. The van der Waals surface area contributed by atoms with E-state index in [9.17, 15) is 0 Å². The Morgan fingerprint density at radius 1 is 1.24 bits per heavy atom. The van der Waals surface area contributed by atoms with E-state index in [0.717, 1.165) is 25.7 Å². The molecule has 2 rings (SSSR count). The number of rotatable bonds is 2. The summed E-state index contributed by atoms with van der Waals surface area (Å²) in [5.74, 6) is 0.264. The fourth-order valence-corrected chi connectivity index (χ4v) is 2.27. The van der Waals surface area contributed by atoms with Gasteiger partial charge in [0.2, 0.25) is 0 Å². The number of benzene rings is 1. The second kappa shape index (κ2) is 5.63. The lowest BCUT2D eigenvalue weighted by molar-refractivity contribution is 0.384. The summed E-state index contributed by atoms with van der Waals surface area (Å²) >= 11 is 0. The zero-order chi connectivity index (χ0) is 12.1. The van der Waals surface area contributed by atoms with Crippen LogP contribution >= 0.6 is 0 Å². The van der Waals surface area contributed by atoms with Crippen LogP contribution in [0.1, 0.15) is 36.8 Å². The molecule has 0 saturated heterocycles. The molecule has 0 aromatic heterocycles. The Kier molecular flexibility index (Phi) is 3.93. The van der Waals surface area contributed by atoms with E-state index in [0.29, 0.717) is 6.04 Å². The molecule has 0 unspecified atom stereocenters. The molecular formula is C15H18N2. The average Bonchev–Trinajstić information content (AvgIpc) is 2.38. The molecule has 0 atom stereocenters. The summed E-state index contributed by atoms with van der Waals surface area (Å²) in [4.78, 5) is 4.65. The fourth-order valence-electron chi connectivity index (χ4n) is 2.27. The van der Waals surface area contributed by atoms with Crippen molar-refractivity contribution in [1.29, 1.82) is 5.26 Å². The number of hydrogen-bond acceptors (Lipinski definition) is 2. The number of hydrogen-bond donors (Lipinski definition) is 0. The molecule has 0 heterocycles. The van der Waals surface area contributed by atoms with Crippen LogP contribution in [0.15, 0.2) is 29.3 Å². The highest BCUT2D eigenvalue weighted by molar-refractivity contribution is 5.81. The van der Waals surface area contributed by atoms with E-state index < -0.39 is 0 Å². The SMILES string of the molecule is Cc1ccccc1/C=N/C1CCC(C#N)CC1. The van der Waals surface area contributed by atoms with Crippen LogP contribution in [0, 0.1) is 24.2 Å². The molecule has 2 nitrogen and oxygen atoms in total. The maximum Gasteiger partial charge on any atom is 0.0655 e. The molecule has 0 bridgehead atoms. The van der Waals surface area contributed by atoms with Gasteiger partial charge >= 0.3 is 0 Å². The van der Waals surface area contributed by atoms with Crippen LogP contribution in [0.25, 0.3) is 0 Å². The van der Waals surface area contributed by atoms with Gasteiger partial charge in [-0.2, -0.15) is 5.26 Å². The molecule has 0 N–H and O–H groups in total. The van der Waals surface area contributed by atoms with Crippen molar-refractivity contribution in [2.75, 3.05) is 0 Å². The predicted octanol–water partition coefficient (Wildman–Crippen LogP) is 3.50. The van der Waals surface area contributed by atoms with Crippen LogP contribution in [0.4, 0.5) is 0 Å². The van der Waals surface area contributed by atoms with Gasteiger partial charge < -0.3 is 0 Å². The van der Waals surface area contributed by atoms with E-state index in [1.54, 1.807) is 0 Å². The normalized spacial score (nSPS) is 24.7. The Morgan fingerprint density at radius 2 is 1.94 bits per heavy atom. The molecule has 2 heteroatoms. The third-order valence-corrected chi connectivity index (χ3v) is 3.49. The molecule has 0 spiro atoms. The third kappa shape index (κ3) is 3.17. The summed E-state index contributed by atoms with van der Waals surface area (Å²) < 4.78 is 0. The molecule has 0 aliphatic heterocycles. The number of nitrogens with zero attached hydrogens (tertiary/aromatic N) is 2. The van der Waals surface area contributed by atoms with Crippen molar-refractivity contribution in [3.05, 3.63) is 35.4 Å². The summed E-state index contributed by atoms with van der Waals surface area (Å²) in [6.07, 6.45) is 6.12. The molecule has 1 aliphatic rings. The zero-order valence-corrected chi connectivity index (χ0v) is 10.3. The zero-order valence-electron chi connectivity index (χ0n) is 10.3. The smallest absolute Gasteiger partial charge is 0.0655 e. The predicted molar refractivity (Wildman–Crippen MR) is 70.1 cm³/mol. The van der Waals surface area contributed by atoms with Crippen LogP contribution < -0.4 is 0 Å². The van der Waals surface area contributed by atoms with Gasteiger partial charge in [-0.05, 0) is 43.7 Å². The topological polar surface area (TPSA) is 36.1 Å². The van der Waals surface area contributed by atoms with Crippen molar-refractivity contribution in [3.63, 3.8) is 0 Å². The first kappa shape index (κ1) is 11.9. The van der Waals surface area contributed by atoms with Crippen molar-refractivity contribution >= 4 is 6.21 Å². The fraction of sp³-hybridized carbons (Fsp3) is 0.467. The first-order valence-corrected chi connectivity index (χ1v) is 6.28. The van der Waals surface area contributed by atoms with Gasteiger partial charge in [0, 0.05) is 12.1 Å². The molecule has 1 fully saturated rings. The molecule has 0 amide bonds. The van der Waals surface area contributed by atoms with E-state index in [4.69, 9.17) is 5.26 Å². The van der Waals surface area contributed by atoms with E-state index >= 15 is 0 Å². The largest absolute Gasteiger partial charge is 0.289 e. The highest BCUT2D eigenvalue weighted by atomic mass is 14.8. The highest BCUT2D eigenvalue weighted by Crippen LogP contribution is 2.25. The van der Waals surface area contributed by atoms with Gasteiger partial charge in [0.25, 0.3) is 0 Å². The van der Waals surface area contributed by atoms with Crippen molar-refractivity contribution in [2.45, 2.75) is 38.6 Å². The summed E-state index contributed by atoms with van der Waals surface area (Å²) in [5, 5.41) is 8.83. The molecule has 1 saturated carbocycles. The Balaban J connectivity index is 1.94. The standard InChI is InChI=1S/C15H18N2/c1-12-4-2-3-5-14(12)11-17-15-8-6-13(10-16)7-9-15/h2-5,11,13,15H,6-9H2,1H3/b17-11+. The van der Waals surface area contributed by atoms with E-state index in [2.05, 4.69) is 30.1 Å². The Labute approximate surface area is 103 Å². The summed E-state index contributed by atoms with van der Waals surface area (Å²) in [7, 11) is 0. The molecule has 1 aromatic rings. The van der Waals surface area contributed by atoms with Crippen LogP contribution in [-0.2, 0) is 0 Å². The van der Waals surface area contributed by atoms with Crippen LogP contribution in [0.2, 0.25) is 0 Å². The Morgan fingerprint density at radius 3 is 2.59 bits per heavy atom. The van der Waals surface area contributed by atoms with Crippen LogP contribution in [0.5, 0.6) is 0 Å². The molecule has 1 aromatic carbocycles. The second-order valence-corrected chi connectivity index (χ2v) is 4.77. The van der Waals surface area contributed by atoms with Gasteiger partial charge in [-0.15, -0.1) is 0 Å². The van der Waals surface area contributed by atoms with E-state index in [1.807, 2.05) is 18.3 Å². The van der Waals surface area contributed by atoms with Gasteiger partial charge in [-0.1, -0.05) is 24.3 Å². The van der Waals surface area contributed by atoms with Crippen LogP contribution in [-0.4, -0.2) is 12.3 Å². The molecule has 17 heavy (non-hydrogen) atoms. The van der Waals surface area contributed by atoms with Crippen molar-refractivity contribution in [2.24, 2.45) is 10.9 Å². The van der Waals surface area contributed by atoms with Crippen molar-refractivity contribution < 1.29 is 0 Å². The second-order valence-electron chi connectivity index (χ2n) is 4.77. The molecular weight excluding hydrogens is 208 g/mol. The molecule has 1 aliphatic carbocycles. The van der Waals surface area contributed by atoms with Gasteiger partial charge in [0.05, 0.1) is 12.1 Å². The highest BCUT2D eigenvalue weighted by Gasteiger charge is 2.19. The average molecular weight is 226 g/mol. The van der Waals surface area contributed by atoms with Gasteiger partial charge in [0.15, 0.2) is 0 Å².